The number of furan rings is 2. The van der Waals surface area contributed by atoms with Crippen LogP contribution in [0.3, 0.4) is 0 Å². The Hall–Kier alpha value is -9.47. The van der Waals surface area contributed by atoms with Crippen LogP contribution in [0.15, 0.2) is 130 Å². The summed E-state index contributed by atoms with van der Waals surface area (Å²) in [6.07, 6.45) is -5.15. The van der Waals surface area contributed by atoms with Gasteiger partial charge in [0.2, 0.25) is 0 Å². The van der Waals surface area contributed by atoms with E-state index in [4.69, 9.17) is 13.6 Å². The molecule has 13 nitrogen and oxygen atoms in total. The van der Waals surface area contributed by atoms with E-state index in [0.29, 0.717) is 60.7 Å². The molecule has 0 saturated heterocycles. The van der Waals surface area contributed by atoms with Crippen LogP contribution in [-0.4, -0.2) is 84.4 Å². The first kappa shape index (κ1) is 55.8. The summed E-state index contributed by atoms with van der Waals surface area (Å²) >= 11 is 0. The van der Waals surface area contributed by atoms with Gasteiger partial charge in [0.25, 0.3) is 23.6 Å². The van der Waals surface area contributed by atoms with Gasteiger partial charge in [-0.25, -0.2) is 8.78 Å². The van der Waals surface area contributed by atoms with E-state index in [1.165, 1.54) is 86.1 Å². The van der Waals surface area contributed by atoms with Crippen LogP contribution in [0, 0.1) is 11.6 Å². The number of carbonyl (C=O) groups excluding carboxylic acids is 4. The van der Waals surface area contributed by atoms with Crippen molar-refractivity contribution >= 4 is 67.4 Å². The Morgan fingerprint density at radius 1 is 0.585 bits per heavy atom. The lowest BCUT2D eigenvalue weighted by atomic mass is 9.96. The minimum Gasteiger partial charge on any atom is -0.492 e. The zero-order valence-electron chi connectivity index (χ0n) is 43.9. The quantitative estimate of drug-likeness (QED) is 0.0552. The molecule has 6 N–H and O–H groups in total. The van der Waals surface area contributed by atoms with Gasteiger partial charge < -0.3 is 44.8 Å². The number of H-pyrrole nitrogens is 2. The Kier molecular flexibility index (Phi) is 14.2. The fourth-order valence-electron chi connectivity index (χ4n) is 9.70. The largest absolute Gasteiger partial charge is 0.492 e. The maximum absolute atomic E-state index is 14.7. The molecule has 22 heteroatoms. The summed E-state index contributed by atoms with van der Waals surface area (Å²) in [5.41, 5.74) is 3.27. The van der Waals surface area contributed by atoms with E-state index in [1.54, 1.807) is 48.7 Å². The van der Waals surface area contributed by atoms with Gasteiger partial charge >= 0.3 is 18.0 Å². The number of aromatic nitrogens is 2. The molecule has 0 aliphatic heterocycles. The number of rotatable bonds is 15. The molecule has 422 valence electrons. The first-order valence-electron chi connectivity index (χ1n) is 25.2. The fourth-order valence-corrected chi connectivity index (χ4v) is 9.70. The van der Waals surface area contributed by atoms with Gasteiger partial charge in [-0.05, 0) is 129 Å². The highest BCUT2D eigenvalue weighted by molar-refractivity contribution is 6.21. The molecular weight excluding hydrogens is 1090 g/mol. The normalized spacial score (nSPS) is 12.4. The predicted octanol–water partition coefficient (Wildman–Crippen LogP) is 13.5. The summed E-state index contributed by atoms with van der Waals surface area (Å²) in [5, 5.41) is 11.1. The van der Waals surface area contributed by atoms with E-state index in [0.717, 1.165) is 6.07 Å². The van der Waals surface area contributed by atoms with Gasteiger partial charge in [-0.1, -0.05) is 18.2 Å². The minimum absolute atomic E-state index is 0.0188. The Bertz CT molecular complexity index is 4170. The highest BCUT2D eigenvalue weighted by Crippen LogP contribution is 2.47. The van der Waals surface area contributed by atoms with E-state index in [-0.39, 0.29) is 75.0 Å². The van der Waals surface area contributed by atoms with Gasteiger partial charge in [-0.2, -0.15) is 30.7 Å². The maximum atomic E-state index is 14.7. The fraction of sp³-hybridized carbons (Fsp3) is 0.200. The third-order valence-corrected chi connectivity index (χ3v) is 13.6. The van der Waals surface area contributed by atoms with Crippen LogP contribution in [0.2, 0.25) is 0 Å². The van der Waals surface area contributed by atoms with Crippen molar-refractivity contribution in [2.75, 3.05) is 27.2 Å². The summed E-state index contributed by atoms with van der Waals surface area (Å²) in [6.45, 7) is 2.74. The summed E-state index contributed by atoms with van der Waals surface area (Å²) in [5.74, 6) is -16.6. The molecule has 4 amide bonds. The van der Waals surface area contributed by atoms with Crippen molar-refractivity contribution in [2.24, 2.45) is 0 Å². The van der Waals surface area contributed by atoms with Crippen LogP contribution < -0.4 is 26.0 Å². The molecule has 0 atom stereocenters. The molecule has 6 aromatic carbocycles. The second kappa shape index (κ2) is 20.9. The number of ether oxygens (including phenoxy) is 1. The molecule has 10 aromatic rings. The average Bonchev–Trinajstić information content (AvgIpc) is 2.36. The maximum Gasteiger partial charge on any atom is 0.459 e. The standard InChI is InChI=1S/C60H47F9N6O7/c1-57(2,3)75-53(76)33-8-6-7-31(23-33)39-27-42-46(56(79)71-5)50(30-11-16-35(62)17-12-30)82-52(42)43-25-36(74-48(39)43)20-22-80-44-18-13-32(24-40(44)54(77)73-28-58(63,64)59(65,66)60(67,68)69)38-26-41-45(55(78)70-4)49(29-9-14-34(61)15-10-29)81-51(41)37-19-21-72-47(37)38/h6-19,21,23-27,72,74H,20,22,28H2,1-5H3,(H,70,78)(H,71,79)(H,73,77)(H,75,76). The summed E-state index contributed by atoms with van der Waals surface area (Å²) in [7, 11) is 2.81. The molecule has 0 saturated carbocycles. The molecule has 4 heterocycles. The van der Waals surface area contributed by atoms with E-state index >= 15 is 0 Å². The number of hydrogen-bond donors (Lipinski definition) is 6. The topological polar surface area (TPSA) is 183 Å². The van der Waals surface area contributed by atoms with Crippen LogP contribution >= 0.6 is 0 Å². The lowest BCUT2D eigenvalue weighted by Gasteiger charge is -2.28. The van der Waals surface area contributed by atoms with Crippen LogP contribution in [0.5, 0.6) is 5.75 Å². The molecular formula is C60H47F9N6O7. The van der Waals surface area contributed by atoms with Gasteiger partial charge in [-0.15, -0.1) is 0 Å². The van der Waals surface area contributed by atoms with E-state index in [2.05, 4.69) is 25.9 Å². The number of halogens is 9. The van der Waals surface area contributed by atoms with Crippen molar-refractivity contribution in [2.45, 2.75) is 50.8 Å². The Labute approximate surface area is 459 Å². The van der Waals surface area contributed by atoms with Crippen LogP contribution in [0.25, 0.3) is 88.6 Å². The zero-order chi connectivity index (χ0) is 58.8. The van der Waals surface area contributed by atoms with Crippen molar-refractivity contribution in [3.63, 3.8) is 0 Å². The number of amides is 4. The number of nitrogens with one attached hydrogen (secondary N) is 6. The third kappa shape index (κ3) is 10.2. The smallest absolute Gasteiger partial charge is 0.459 e. The summed E-state index contributed by atoms with van der Waals surface area (Å²) in [6, 6.07) is 27.7. The van der Waals surface area contributed by atoms with Crippen LogP contribution in [-0.2, 0) is 6.42 Å². The SMILES string of the molecule is CNC(=O)c1c(-c2ccc(F)cc2)oc2c1cc(-c1ccc(OCCc3cc4c([nH]3)c(-c3cccc(C(=O)NC(C)(C)C)c3)cc3c(C(=O)NC)c(-c5ccc(F)cc5)oc34)c(C(=O)NCC(F)(F)C(F)(F)C(F)(F)F)c1)c1[nH]ccc12. The highest BCUT2D eigenvalue weighted by atomic mass is 19.4. The molecule has 4 aromatic heterocycles. The number of alkyl halides is 7. The van der Waals surface area contributed by atoms with Gasteiger partial charge in [0.05, 0.1) is 40.9 Å². The van der Waals surface area contributed by atoms with E-state index in [1.807, 2.05) is 20.8 Å². The second-order valence-corrected chi connectivity index (χ2v) is 20.3. The zero-order valence-corrected chi connectivity index (χ0v) is 43.9. The first-order valence-corrected chi connectivity index (χ1v) is 25.2. The van der Waals surface area contributed by atoms with E-state index in [9.17, 15) is 58.7 Å². The Morgan fingerprint density at radius 3 is 1.70 bits per heavy atom. The third-order valence-electron chi connectivity index (χ3n) is 13.6. The van der Waals surface area contributed by atoms with Gasteiger partial charge in [-0.3, -0.25) is 19.2 Å². The molecule has 0 aliphatic carbocycles. The van der Waals surface area contributed by atoms with Crippen molar-refractivity contribution in [1.29, 1.82) is 0 Å². The first-order chi connectivity index (χ1) is 38.8. The second-order valence-electron chi connectivity index (χ2n) is 20.3. The van der Waals surface area contributed by atoms with Crippen molar-refractivity contribution in [1.82, 2.24) is 31.2 Å². The van der Waals surface area contributed by atoms with Crippen molar-refractivity contribution in [3.8, 4) is 50.7 Å². The molecule has 10 rings (SSSR count). The molecule has 82 heavy (non-hydrogen) atoms. The number of benzene rings is 6. The van der Waals surface area contributed by atoms with E-state index < -0.39 is 65.0 Å². The summed E-state index contributed by atoms with van der Waals surface area (Å²) < 4.78 is 145. The number of carbonyl (C=O) groups is 4. The lowest BCUT2D eigenvalue weighted by molar-refractivity contribution is -0.352. The highest BCUT2D eigenvalue weighted by Gasteiger charge is 2.72. The Balaban J connectivity index is 1.06. The van der Waals surface area contributed by atoms with Crippen LogP contribution in [0.4, 0.5) is 39.5 Å². The summed E-state index contributed by atoms with van der Waals surface area (Å²) in [4.78, 5) is 61.2. The number of fused-ring (bicyclic) bond motifs is 6. The lowest BCUT2D eigenvalue weighted by Crippen LogP contribution is -2.56. The minimum atomic E-state index is -6.68. The van der Waals surface area contributed by atoms with Crippen molar-refractivity contribution in [3.05, 3.63) is 161 Å². The predicted molar refractivity (Wildman–Crippen MR) is 289 cm³/mol. The molecule has 0 aliphatic rings. The molecule has 0 fully saturated rings. The van der Waals surface area contributed by atoms with Gasteiger partial charge in [0.15, 0.2) is 0 Å². The number of hydrogen-bond acceptors (Lipinski definition) is 7. The molecule has 0 spiro atoms. The van der Waals surface area contributed by atoms with Crippen LogP contribution in [0.1, 0.15) is 67.9 Å². The monoisotopic (exact) mass is 1130 g/mol. The molecule has 0 radical (unpaired) electrons. The average molecular weight is 1140 g/mol. The van der Waals surface area contributed by atoms with Gasteiger partial charge in [0, 0.05) is 87.3 Å². The molecule has 0 bridgehead atoms. The van der Waals surface area contributed by atoms with Gasteiger partial charge in [0.1, 0.15) is 40.1 Å². The molecule has 0 unspecified atom stereocenters. The van der Waals surface area contributed by atoms with Crippen molar-refractivity contribution < 1.29 is 72.3 Å². The Morgan fingerprint density at radius 2 is 1.13 bits per heavy atom. The number of aromatic amines is 2.